The Morgan fingerprint density at radius 1 is 1.35 bits per heavy atom. The number of aromatic nitrogens is 3. The number of thiophene rings is 1. The molecule has 0 aromatic carbocycles. The second kappa shape index (κ2) is 3.56. The van der Waals surface area contributed by atoms with Crippen LogP contribution >= 0.6 is 11.3 Å². The van der Waals surface area contributed by atoms with E-state index in [1.807, 2.05) is 29.7 Å². The third-order valence-corrected chi connectivity index (χ3v) is 3.65. The predicted octanol–water partition coefficient (Wildman–Crippen LogP) is 2.66. The van der Waals surface area contributed by atoms with Gasteiger partial charge in [-0.2, -0.15) is 0 Å². The number of anilines is 1. The highest BCUT2D eigenvalue weighted by molar-refractivity contribution is 7.16. The van der Waals surface area contributed by atoms with Gasteiger partial charge < -0.3 is 5.73 Å². The van der Waals surface area contributed by atoms with Crippen molar-refractivity contribution in [1.82, 2.24) is 14.4 Å². The number of rotatable bonds is 1. The van der Waals surface area contributed by atoms with Gasteiger partial charge in [0.2, 0.25) is 5.78 Å². The van der Waals surface area contributed by atoms with Crippen LogP contribution in [0.15, 0.2) is 24.5 Å². The maximum atomic E-state index is 5.85. The Kier molecular flexibility index (Phi) is 2.16. The Morgan fingerprint density at radius 2 is 2.18 bits per heavy atom. The van der Waals surface area contributed by atoms with Gasteiger partial charge in [0.15, 0.2) is 0 Å². The Morgan fingerprint density at radius 3 is 2.88 bits per heavy atom. The van der Waals surface area contributed by atoms with Crippen LogP contribution in [0.5, 0.6) is 0 Å². The highest BCUT2D eigenvalue weighted by Gasteiger charge is 2.15. The standard InChI is InChI=1S/C12H12N4S/c1-7-11(9-6-10(13)17-8(9)2)16-5-3-4-14-12(16)15-7/h3-6H,13H2,1-2H3. The van der Waals surface area contributed by atoms with Crippen molar-refractivity contribution in [2.75, 3.05) is 5.73 Å². The first-order valence-corrected chi connectivity index (χ1v) is 6.14. The maximum absolute atomic E-state index is 5.85. The number of nitrogens with two attached hydrogens (primary N) is 1. The molecule has 0 saturated heterocycles. The van der Waals surface area contributed by atoms with E-state index in [0.29, 0.717) is 0 Å². The lowest BCUT2D eigenvalue weighted by atomic mass is 10.1. The molecule has 0 aliphatic heterocycles. The van der Waals surface area contributed by atoms with Crippen LogP contribution in [0.4, 0.5) is 5.00 Å². The van der Waals surface area contributed by atoms with Crippen molar-refractivity contribution in [1.29, 1.82) is 0 Å². The van der Waals surface area contributed by atoms with Gasteiger partial charge in [0.1, 0.15) is 0 Å². The van der Waals surface area contributed by atoms with Crippen molar-refractivity contribution in [2.24, 2.45) is 0 Å². The second-order valence-corrected chi connectivity index (χ2v) is 5.24. The molecule has 3 aromatic rings. The summed E-state index contributed by atoms with van der Waals surface area (Å²) in [6.07, 6.45) is 3.73. The van der Waals surface area contributed by atoms with Crippen LogP contribution in [-0.2, 0) is 0 Å². The number of hydrogen-bond donors (Lipinski definition) is 1. The van der Waals surface area contributed by atoms with Crippen molar-refractivity contribution in [3.63, 3.8) is 0 Å². The van der Waals surface area contributed by atoms with E-state index in [1.165, 1.54) is 4.88 Å². The average molecular weight is 244 g/mol. The number of fused-ring (bicyclic) bond motifs is 1. The molecule has 0 saturated carbocycles. The minimum atomic E-state index is 0.726. The molecule has 0 bridgehead atoms. The minimum absolute atomic E-state index is 0.726. The third-order valence-electron chi connectivity index (χ3n) is 2.77. The molecule has 3 heterocycles. The topological polar surface area (TPSA) is 56.2 Å². The highest BCUT2D eigenvalue weighted by atomic mass is 32.1. The first-order valence-electron chi connectivity index (χ1n) is 5.33. The fourth-order valence-corrected chi connectivity index (χ4v) is 2.86. The van der Waals surface area contributed by atoms with Gasteiger partial charge in [0.05, 0.1) is 16.4 Å². The molecule has 17 heavy (non-hydrogen) atoms. The zero-order chi connectivity index (χ0) is 12.0. The maximum Gasteiger partial charge on any atom is 0.234 e. The minimum Gasteiger partial charge on any atom is -0.391 e. The monoisotopic (exact) mass is 244 g/mol. The molecule has 0 amide bonds. The summed E-state index contributed by atoms with van der Waals surface area (Å²) in [5, 5.41) is 0.829. The summed E-state index contributed by atoms with van der Waals surface area (Å²) in [5.41, 5.74) is 9.06. The molecule has 0 aliphatic rings. The van der Waals surface area contributed by atoms with E-state index in [1.54, 1.807) is 17.5 Å². The molecule has 0 atom stereocenters. The van der Waals surface area contributed by atoms with Crippen LogP contribution < -0.4 is 5.73 Å². The SMILES string of the molecule is Cc1nc2ncccn2c1-c1cc(N)sc1C. The van der Waals surface area contributed by atoms with Gasteiger partial charge in [-0.25, -0.2) is 9.97 Å². The van der Waals surface area contributed by atoms with Crippen molar-refractivity contribution in [3.8, 4) is 11.3 Å². The van der Waals surface area contributed by atoms with E-state index in [2.05, 4.69) is 16.9 Å². The number of hydrogen-bond acceptors (Lipinski definition) is 4. The lowest BCUT2D eigenvalue weighted by molar-refractivity contribution is 1.11. The van der Waals surface area contributed by atoms with Gasteiger partial charge in [0.25, 0.3) is 0 Å². The van der Waals surface area contributed by atoms with E-state index >= 15 is 0 Å². The van der Waals surface area contributed by atoms with E-state index in [9.17, 15) is 0 Å². The summed E-state index contributed by atoms with van der Waals surface area (Å²) in [5.74, 6) is 0.726. The normalized spacial score (nSPS) is 11.2. The lowest BCUT2D eigenvalue weighted by Gasteiger charge is -2.01. The van der Waals surface area contributed by atoms with E-state index in [0.717, 1.165) is 27.7 Å². The number of nitrogens with zero attached hydrogens (tertiary/aromatic N) is 3. The molecule has 3 rings (SSSR count). The average Bonchev–Trinajstić information content (AvgIpc) is 2.77. The lowest BCUT2D eigenvalue weighted by Crippen LogP contribution is -1.90. The Hall–Kier alpha value is -1.88. The molecular weight excluding hydrogens is 232 g/mol. The zero-order valence-electron chi connectivity index (χ0n) is 9.64. The number of imidazole rings is 1. The Balaban J connectivity index is 2.37. The largest absolute Gasteiger partial charge is 0.391 e. The summed E-state index contributed by atoms with van der Waals surface area (Å²) in [6.45, 7) is 4.07. The quantitative estimate of drug-likeness (QED) is 0.716. The molecule has 4 nitrogen and oxygen atoms in total. The number of nitrogen functional groups attached to an aromatic ring is 1. The summed E-state index contributed by atoms with van der Waals surface area (Å²) in [6, 6.07) is 3.91. The van der Waals surface area contributed by atoms with Crippen molar-refractivity contribution in [2.45, 2.75) is 13.8 Å². The Labute approximate surface area is 103 Å². The van der Waals surface area contributed by atoms with Gasteiger partial charge in [-0.1, -0.05) is 0 Å². The first kappa shape index (κ1) is 10.3. The van der Waals surface area contributed by atoms with Gasteiger partial charge in [-0.15, -0.1) is 11.3 Å². The van der Waals surface area contributed by atoms with Crippen LogP contribution in [0, 0.1) is 13.8 Å². The predicted molar refractivity (Wildman–Crippen MR) is 70.2 cm³/mol. The highest BCUT2D eigenvalue weighted by Crippen LogP contribution is 2.34. The Bertz CT molecular complexity index is 696. The molecular formula is C12H12N4S. The number of aryl methyl sites for hydroxylation is 2. The molecule has 0 fully saturated rings. The third kappa shape index (κ3) is 1.51. The summed E-state index contributed by atoms with van der Waals surface area (Å²) in [7, 11) is 0. The van der Waals surface area contributed by atoms with E-state index in [4.69, 9.17) is 5.73 Å². The molecule has 0 aliphatic carbocycles. The fraction of sp³-hybridized carbons (Fsp3) is 0.167. The van der Waals surface area contributed by atoms with Crippen molar-refractivity contribution in [3.05, 3.63) is 35.1 Å². The van der Waals surface area contributed by atoms with Crippen molar-refractivity contribution >= 4 is 22.1 Å². The van der Waals surface area contributed by atoms with Gasteiger partial charge in [-0.3, -0.25) is 4.40 Å². The molecule has 0 unspecified atom stereocenters. The summed E-state index contributed by atoms with van der Waals surface area (Å²) < 4.78 is 2.00. The summed E-state index contributed by atoms with van der Waals surface area (Å²) in [4.78, 5) is 9.91. The first-order chi connectivity index (χ1) is 8.16. The molecule has 2 N–H and O–H groups in total. The van der Waals surface area contributed by atoms with Crippen LogP contribution in [0.25, 0.3) is 17.0 Å². The fourth-order valence-electron chi connectivity index (χ4n) is 2.06. The summed E-state index contributed by atoms with van der Waals surface area (Å²) >= 11 is 1.60. The second-order valence-electron chi connectivity index (χ2n) is 3.95. The van der Waals surface area contributed by atoms with Crippen LogP contribution in [0.3, 0.4) is 0 Å². The van der Waals surface area contributed by atoms with Gasteiger partial charge in [-0.05, 0) is 26.0 Å². The van der Waals surface area contributed by atoms with Crippen LogP contribution in [0.1, 0.15) is 10.6 Å². The molecule has 3 aromatic heterocycles. The van der Waals surface area contributed by atoms with Crippen LogP contribution in [0.2, 0.25) is 0 Å². The molecule has 5 heteroatoms. The molecule has 0 spiro atoms. The van der Waals surface area contributed by atoms with E-state index in [-0.39, 0.29) is 0 Å². The zero-order valence-corrected chi connectivity index (χ0v) is 10.5. The van der Waals surface area contributed by atoms with E-state index < -0.39 is 0 Å². The smallest absolute Gasteiger partial charge is 0.234 e. The molecule has 0 radical (unpaired) electrons. The molecule has 86 valence electrons. The van der Waals surface area contributed by atoms with Gasteiger partial charge in [0, 0.05) is 22.8 Å². The van der Waals surface area contributed by atoms with Crippen LogP contribution in [-0.4, -0.2) is 14.4 Å². The van der Waals surface area contributed by atoms with Crippen molar-refractivity contribution < 1.29 is 0 Å². The van der Waals surface area contributed by atoms with Gasteiger partial charge >= 0.3 is 0 Å².